The molecule has 1 aromatic heterocycles. The van der Waals surface area contributed by atoms with Crippen LogP contribution in [-0.2, 0) is 6.54 Å². The van der Waals surface area contributed by atoms with Gasteiger partial charge in [0.25, 0.3) is 0 Å². The minimum Gasteiger partial charge on any atom is -0.356 e. The van der Waals surface area contributed by atoms with E-state index in [4.69, 9.17) is 0 Å². The van der Waals surface area contributed by atoms with E-state index >= 15 is 0 Å². The largest absolute Gasteiger partial charge is 0.356 e. The molecule has 0 unspecified atom stereocenters. The number of nitrogens with zero attached hydrogens (tertiary/aromatic N) is 2. The van der Waals surface area contributed by atoms with E-state index in [2.05, 4.69) is 15.5 Å². The lowest BCUT2D eigenvalue weighted by molar-refractivity contribution is 0.613. The molecular formula is C10H10FN3S2. The van der Waals surface area contributed by atoms with E-state index in [1.54, 1.807) is 23.9 Å². The Labute approximate surface area is 101 Å². The van der Waals surface area contributed by atoms with Gasteiger partial charge in [0.2, 0.25) is 5.13 Å². The van der Waals surface area contributed by atoms with Gasteiger partial charge in [-0.3, -0.25) is 0 Å². The summed E-state index contributed by atoms with van der Waals surface area (Å²) < 4.78 is 14.2. The highest BCUT2D eigenvalue weighted by Crippen LogP contribution is 2.23. The zero-order chi connectivity index (χ0) is 11.4. The first-order chi connectivity index (χ1) is 7.79. The van der Waals surface area contributed by atoms with Crippen molar-refractivity contribution >= 4 is 28.2 Å². The summed E-state index contributed by atoms with van der Waals surface area (Å²) in [6.07, 6.45) is 1.95. The smallest absolute Gasteiger partial charge is 0.206 e. The van der Waals surface area contributed by atoms with Gasteiger partial charge in [-0.05, 0) is 12.3 Å². The fourth-order valence-electron chi connectivity index (χ4n) is 1.18. The number of hydrogen-bond acceptors (Lipinski definition) is 5. The normalized spacial score (nSPS) is 10.4. The van der Waals surface area contributed by atoms with Crippen molar-refractivity contribution in [1.29, 1.82) is 0 Å². The molecule has 1 N–H and O–H groups in total. The lowest BCUT2D eigenvalue weighted by Gasteiger charge is -2.02. The average molecular weight is 255 g/mol. The molecule has 6 heteroatoms. The Balaban J connectivity index is 1.99. The van der Waals surface area contributed by atoms with Gasteiger partial charge in [-0.1, -0.05) is 41.3 Å². The van der Waals surface area contributed by atoms with Gasteiger partial charge < -0.3 is 5.32 Å². The Morgan fingerprint density at radius 1 is 1.38 bits per heavy atom. The predicted octanol–water partition coefficient (Wildman–Crippen LogP) is 3.01. The van der Waals surface area contributed by atoms with Crippen molar-refractivity contribution in [3.8, 4) is 0 Å². The second-order valence-electron chi connectivity index (χ2n) is 3.02. The molecule has 0 saturated heterocycles. The fraction of sp³-hybridized carbons (Fsp3) is 0.200. The van der Waals surface area contributed by atoms with Gasteiger partial charge in [0.15, 0.2) is 4.34 Å². The van der Waals surface area contributed by atoms with Crippen molar-refractivity contribution < 1.29 is 4.39 Å². The zero-order valence-electron chi connectivity index (χ0n) is 8.61. The molecule has 0 spiro atoms. The monoisotopic (exact) mass is 255 g/mol. The molecule has 0 saturated carbocycles. The van der Waals surface area contributed by atoms with Crippen LogP contribution in [0.15, 0.2) is 28.6 Å². The molecule has 0 aliphatic heterocycles. The Bertz CT molecular complexity index is 473. The van der Waals surface area contributed by atoms with Crippen LogP contribution >= 0.6 is 23.1 Å². The van der Waals surface area contributed by atoms with E-state index in [0.29, 0.717) is 17.2 Å². The highest BCUT2D eigenvalue weighted by atomic mass is 32.2. The first kappa shape index (κ1) is 11.3. The van der Waals surface area contributed by atoms with Crippen molar-refractivity contribution in [2.75, 3.05) is 11.6 Å². The van der Waals surface area contributed by atoms with Crippen LogP contribution in [0.2, 0.25) is 0 Å². The van der Waals surface area contributed by atoms with Crippen LogP contribution in [0.4, 0.5) is 9.52 Å². The number of nitrogens with one attached hydrogen (secondary N) is 1. The summed E-state index contributed by atoms with van der Waals surface area (Å²) in [7, 11) is 0. The minimum atomic E-state index is -0.204. The SMILES string of the molecule is CSc1nnc(NCc2ccccc2F)s1. The molecule has 16 heavy (non-hydrogen) atoms. The Hall–Kier alpha value is -1.14. The van der Waals surface area contributed by atoms with Crippen LogP contribution in [-0.4, -0.2) is 16.5 Å². The van der Waals surface area contributed by atoms with Gasteiger partial charge in [0, 0.05) is 12.1 Å². The topological polar surface area (TPSA) is 37.8 Å². The third kappa shape index (κ3) is 2.70. The fourth-order valence-corrected chi connectivity index (χ4v) is 2.34. The Morgan fingerprint density at radius 2 is 2.19 bits per heavy atom. The number of halogens is 1. The highest BCUT2D eigenvalue weighted by molar-refractivity contribution is 8.00. The molecule has 2 aromatic rings. The summed E-state index contributed by atoms with van der Waals surface area (Å²) in [5.74, 6) is -0.204. The van der Waals surface area contributed by atoms with Crippen LogP contribution in [0.5, 0.6) is 0 Å². The van der Waals surface area contributed by atoms with Crippen molar-refractivity contribution in [2.24, 2.45) is 0 Å². The van der Waals surface area contributed by atoms with Gasteiger partial charge in [-0.2, -0.15) is 0 Å². The van der Waals surface area contributed by atoms with Crippen LogP contribution in [0.25, 0.3) is 0 Å². The molecule has 1 heterocycles. The first-order valence-corrected chi connectivity index (χ1v) is 6.68. The Kier molecular flexibility index (Phi) is 3.74. The lowest BCUT2D eigenvalue weighted by atomic mass is 10.2. The lowest BCUT2D eigenvalue weighted by Crippen LogP contribution is -2.01. The summed E-state index contributed by atoms with van der Waals surface area (Å²) in [4.78, 5) is 0. The highest BCUT2D eigenvalue weighted by Gasteiger charge is 2.04. The number of hydrogen-bond donors (Lipinski definition) is 1. The molecule has 0 aliphatic rings. The van der Waals surface area contributed by atoms with Crippen molar-refractivity contribution in [3.05, 3.63) is 35.6 Å². The molecule has 2 rings (SSSR count). The van der Waals surface area contributed by atoms with E-state index in [1.165, 1.54) is 17.4 Å². The van der Waals surface area contributed by atoms with E-state index in [9.17, 15) is 4.39 Å². The molecule has 3 nitrogen and oxygen atoms in total. The molecule has 1 aromatic carbocycles. The number of anilines is 1. The van der Waals surface area contributed by atoms with Gasteiger partial charge >= 0.3 is 0 Å². The second-order valence-corrected chi connectivity index (χ2v) is 5.05. The van der Waals surface area contributed by atoms with Gasteiger partial charge in [-0.25, -0.2) is 4.39 Å². The standard InChI is InChI=1S/C10H10FN3S2/c1-15-10-14-13-9(16-10)12-6-7-4-2-3-5-8(7)11/h2-5H,6H2,1H3,(H,12,13). The molecule has 0 fully saturated rings. The van der Waals surface area contributed by atoms with E-state index < -0.39 is 0 Å². The number of benzene rings is 1. The van der Waals surface area contributed by atoms with Gasteiger partial charge in [0.1, 0.15) is 5.82 Å². The van der Waals surface area contributed by atoms with Crippen molar-refractivity contribution in [1.82, 2.24) is 10.2 Å². The Morgan fingerprint density at radius 3 is 2.88 bits per heavy atom. The summed E-state index contributed by atoms with van der Waals surface area (Å²) in [5.41, 5.74) is 0.628. The summed E-state index contributed by atoms with van der Waals surface area (Å²) in [5, 5.41) is 11.7. The third-order valence-electron chi connectivity index (χ3n) is 1.97. The maximum atomic E-state index is 13.3. The van der Waals surface area contributed by atoms with E-state index in [1.807, 2.05) is 12.3 Å². The van der Waals surface area contributed by atoms with Crippen LogP contribution < -0.4 is 5.32 Å². The summed E-state index contributed by atoms with van der Waals surface area (Å²) in [6.45, 7) is 0.426. The van der Waals surface area contributed by atoms with Gasteiger partial charge in [0.05, 0.1) is 0 Å². The molecular weight excluding hydrogens is 245 g/mol. The predicted molar refractivity (Wildman–Crippen MR) is 65.4 cm³/mol. The van der Waals surface area contributed by atoms with Crippen molar-refractivity contribution in [3.63, 3.8) is 0 Å². The first-order valence-electron chi connectivity index (χ1n) is 4.64. The van der Waals surface area contributed by atoms with Gasteiger partial charge in [-0.15, -0.1) is 10.2 Å². The molecule has 0 radical (unpaired) electrons. The summed E-state index contributed by atoms with van der Waals surface area (Å²) >= 11 is 3.01. The molecule has 0 atom stereocenters. The third-order valence-corrected chi connectivity index (χ3v) is 3.83. The molecule has 84 valence electrons. The minimum absolute atomic E-state index is 0.204. The quantitative estimate of drug-likeness (QED) is 0.852. The van der Waals surface area contributed by atoms with Crippen molar-refractivity contribution in [2.45, 2.75) is 10.9 Å². The van der Waals surface area contributed by atoms with E-state index in [-0.39, 0.29) is 5.82 Å². The second kappa shape index (κ2) is 5.27. The zero-order valence-corrected chi connectivity index (χ0v) is 10.2. The molecule has 0 aliphatic carbocycles. The van der Waals surface area contributed by atoms with Crippen LogP contribution in [0.3, 0.4) is 0 Å². The maximum absolute atomic E-state index is 13.3. The maximum Gasteiger partial charge on any atom is 0.206 e. The summed E-state index contributed by atoms with van der Waals surface area (Å²) in [6, 6.07) is 6.69. The van der Waals surface area contributed by atoms with Crippen LogP contribution in [0, 0.1) is 5.82 Å². The molecule has 0 bridgehead atoms. The number of aromatic nitrogens is 2. The number of rotatable bonds is 4. The number of thioether (sulfide) groups is 1. The van der Waals surface area contributed by atoms with E-state index in [0.717, 1.165) is 4.34 Å². The van der Waals surface area contributed by atoms with Crippen LogP contribution in [0.1, 0.15) is 5.56 Å². The average Bonchev–Trinajstić information content (AvgIpc) is 2.76. The molecule has 0 amide bonds.